The molecule has 2 heterocycles. The Balaban J connectivity index is 0.00000180. The maximum absolute atomic E-state index is 12.9. The van der Waals surface area contributed by atoms with Crippen LogP contribution in [-0.4, -0.2) is 13.4 Å². The second-order valence-corrected chi connectivity index (χ2v) is 8.41. The van der Waals surface area contributed by atoms with Gasteiger partial charge in [0, 0.05) is 16.5 Å². The Morgan fingerprint density at radius 2 is 1.44 bits per heavy atom. The molecule has 1 aromatic heterocycles. The van der Waals surface area contributed by atoms with Gasteiger partial charge in [0.1, 0.15) is 0 Å². The van der Waals surface area contributed by atoms with Gasteiger partial charge in [-0.25, -0.2) is 13.4 Å². The Bertz CT molecular complexity index is 1270. The summed E-state index contributed by atoms with van der Waals surface area (Å²) in [4.78, 5) is 5.21. The van der Waals surface area contributed by atoms with Crippen LogP contribution >= 0.6 is 12.4 Å². The first-order valence-electron chi connectivity index (χ1n) is 8.44. The average molecular weight is 394 g/mol. The zero-order valence-electron chi connectivity index (χ0n) is 14.3. The van der Waals surface area contributed by atoms with Gasteiger partial charge in [-0.05, 0) is 23.3 Å². The number of nitrogens with zero attached hydrogens (tertiary/aromatic N) is 1. The van der Waals surface area contributed by atoms with Crippen molar-refractivity contribution in [3.8, 4) is 22.4 Å². The summed E-state index contributed by atoms with van der Waals surface area (Å²) in [5.74, 6) is -0.0264. The fourth-order valence-electron chi connectivity index (χ4n) is 3.75. The van der Waals surface area contributed by atoms with E-state index in [0.717, 1.165) is 33.3 Å². The summed E-state index contributed by atoms with van der Waals surface area (Å²) < 4.78 is 25.9. The largest absolute Gasteiger partial charge is 0.247 e. The van der Waals surface area contributed by atoms with Crippen LogP contribution in [0, 0.1) is 0 Å². The van der Waals surface area contributed by atoms with E-state index in [2.05, 4.69) is 0 Å². The predicted octanol–water partition coefficient (Wildman–Crippen LogP) is 5.28. The molecular weight excluding hydrogens is 378 g/mol. The zero-order chi connectivity index (χ0) is 17.7. The fraction of sp³-hybridized carbons (Fsp3) is 0.0455. The summed E-state index contributed by atoms with van der Waals surface area (Å²) in [5.41, 5.74) is 5.10. The van der Waals surface area contributed by atoms with Crippen LogP contribution in [0.4, 0.5) is 0 Å². The second-order valence-electron chi connectivity index (χ2n) is 6.45. The minimum absolute atomic E-state index is 0. The lowest BCUT2D eigenvalue weighted by molar-refractivity contribution is 0.594. The van der Waals surface area contributed by atoms with Gasteiger partial charge < -0.3 is 0 Å². The van der Waals surface area contributed by atoms with Crippen LogP contribution in [0.15, 0.2) is 83.8 Å². The first kappa shape index (κ1) is 17.7. The lowest BCUT2D eigenvalue weighted by atomic mass is 9.92. The number of fused-ring (bicyclic) bond motifs is 4. The highest BCUT2D eigenvalue weighted by Crippen LogP contribution is 2.43. The van der Waals surface area contributed by atoms with Gasteiger partial charge >= 0.3 is 0 Å². The molecule has 1 aliphatic rings. The van der Waals surface area contributed by atoms with Crippen LogP contribution in [-0.2, 0) is 15.6 Å². The molecule has 4 aromatic rings. The van der Waals surface area contributed by atoms with E-state index in [-0.39, 0.29) is 18.2 Å². The number of rotatable bonds is 1. The minimum atomic E-state index is -3.39. The van der Waals surface area contributed by atoms with E-state index >= 15 is 0 Å². The Morgan fingerprint density at radius 1 is 0.778 bits per heavy atom. The third-order valence-corrected chi connectivity index (χ3v) is 6.56. The molecule has 0 unspecified atom stereocenters. The first-order valence-corrected chi connectivity index (χ1v) is 10.1. The third-order valence-electron chi connectivity index (χ3n) is 4.87. The Morgan fingerprint density at radius 3 is 2.26 bits per heavy atom. The molecule has 0 N–H and O–H groups in total. The van der Waals surface area contributed by atoms with Crippen LogP contribution in [0.1, 0.15) is 5.56 Å². The van der Waals surface area contributed by atoms with Gasteiger partial charge in [0.15, 0.2) is 9.84 Å². The molecule has 0 bridgehead atoms. The summed E-state index contributed by atoms with van der Waals surface area (Å²) in [5, 5.41) is 0.979. The molecule has 3 nitrogen and oxygen atoms in total. The van der Waals surface area contributed by atoms with Crippen molar-refractivity contribution in [2.24, 2.45) is 0 Å². The molecule has 0 fully saturated rings. The maximum atomic E-state index is 12.9. The molecule has 0 saturated carbocycles. The van der Waals surface area contributed by atoms with Gasteiger partial charge in [0.25, 0.3) is 0 Å². The van der Waals surface area contributed by atoms with Gasteiger partial charge in [-0.2, -0.15) is 0 Å². The van der Waals surface area contributed by atoms with Crippen molar-refractivity contribution in [3.05, 3.63) is 84.4 Å². The van der Waals surface area contributed by atoms with Crippen molar-refractivity contribution in [2.75, 3.05) is 0 Å². The Kier molecular flexibility index (Phi) is 4.25. The van der Waals surface area contributed by atoms with Crippen molar-refractivity contribution in [1.82, 2.24) is 4.98 Å². The average Bonchev–Trinajstić information content (AvgIpc) is 2.67. The van der Waals surface area contributed by atoms with E-state index in [1.807, 2.05) is 66.7 Å². The molecule has 5 rings (SSSR count). The van der Waals surface area contributed by atoms with Crippen molar-refractivity contribution in [1.29, 1.82) is 0 Å². The molecule has 0 saturated heterocycles. The van der Waals surface area contributed by atoms with Crippen molar-refractivity contribution >= 4 is 33.1 Å². The van der Waals surface area contributed by atoms with Gasteiger partial charge in [0.2, 0.25) is 0 Å². The van der Waals surface area contributed by atoms with Crippen molar-refractivity contribution in [2.45, 2.75) is 10.6 Å². The lowest BCUT2D eigenvalue weighted by Gasteiger charge is -2.23. The number of aromatic nitrogens is 1. The molecule has 5 heteroatoms. The molecular formula is C22H16ClNO2S. The molecule has 0 atom stereocenters. The standard InChI is InChI=1S/C22H15NO2S.ClH/c24-26(25)14-18-21(15-8-2-1-3-9-15)16-10-4-6-12-19(16)23-22(18)17-11-5-7-13-20(17)26;/h1-13H,14H2;1H. The molecule has 27 heavy (non-hydrogen) atoms. The number of halogens is 1. The van der Waals surface area contributed by atoms with Crippen LogP contribution < -0.4 is 0 Å². The quantitative estimate of drug-likeness (QED) is 0.442. The number of hydrogen-bond donors (Lipinski definition) is 0. The monoisotopic (exact) mass is 393 g/mol. The maximum Gasteiger partial charge on any atom is 0.183 e. The van der Waals surface area contributed by atoms with Gasteiger partial charge in [0.05, 0.1) is 21.9 Å². The SMILES string of the molecule is Cl.O=S1(=O)Cc2c(nc3ccccc3c2-c2ccccc2)-c2ccccc21. The van der Waals surface area contributed by atoms with Crippen molar-refractivity contribution in [3.63, 3.8) is 0 Å². The molecule has 0 amide bonds. The number of hydrogen-bond acceptors (Lipinski definition) is 3. The highest BCUT2D eigenvalue weighted by Gasteiger charge is 2.31. The normalized spacial score (nSPS) is 14.1. The lowest BCUT2D eigenvalue weighted by Crippen LogP contribution is -2.15. The summed E-state index contributed by atoms with van der Waals surface area (Å²) in [7, 11) is -3.39. The number of para-hydroxylation sites is 1. The van der Waals surface area contributed by atoms with Crippen LogP contribution in [0.5, 0.6) is 0 Å². The first-order chi connectivity index (χ1) is 12.6. The van der Waals surface area contributed by atoms with Crippen LogP contribution in [0.25, 0.3) is 33.3 Å². The number of pyridine rings is 1. The van der Waals surface area contributed by atoms with E-state index in [1.165, 1.54) is 0 Å². The molecule has 0 radical (unpaired) electrons. The van der Waals surface area contributed by atoms with E-state index in [4.69, 9.17) is 4.98 Å². The summed E-state index contributed by atoms with van der Waals surface area (Å²) >= 11 is 0. The van der Waals surface area contributed by atoms with Crippen LogP contribution in [0.2, 0.25) is 0 Å². The highest BCUT2D eigenvalue weighted by atomic mass is 35.5. The number of benzene rings is 3. The van der Waals surface area contributed by atoms with E-state index in [9.17, 15) is 8.42 Å². The Labute approximate surface area is 164 Å². The fourth-order valence-corrected chi connectivity index (χ4v) is 5.35. The molecule has 0 aliphatic carbocycles. The number of sulfone groups is 1. The Hall–Kier alpha value is -2.69. The van der Waals surface area contributed by atoms with E-state index < -0.39 is 9.84 Å². The third kappa shape index (κ3) is 2.73. The van der Waals surface area contributed by atoms with Gasteiger partial charge in [-0.15, -0.1) is 12.4 Å². The molecule has 0 spiro atoms. The summed E-state index contributed by atoms with van der Waals surface area (Å²) in [6, 6.07) is 25.0. The van der Waals surface area contributed by atoms with Crippen molar-refractivity contribution < 1.29 is 8.42 Å². The molecule has 3 aromatic carbocycles. The zero-order valence-corrected chi connectivity index (χ0v) is 15.9. The van der Waals surface area contributed by atoms with Crippen LogP contribution in [0.3, 0.4) is 0 Å². The minimum Gasteiger partial charge on any atom is -0.247 e. The second kappa shape index (κ2) is 6.48. The summed E-state index contributed by atoms with van der Waals surface area (Å²) in [6.07, 6.45) is 0. The predicted molar refractivity (Wildman–Crippen MR) is 111 cm³/mol. The van der Waals surface area contributed by atoms with E-state index in [0.29, 0.717) is 10.5 Å². The van der Waals surface area contributed by atoms with Gasteiger partial charge in [-0.1, -0.05) is 66.7 Å². The highest BCUT2D eigenvalue weighted by molar-refractivity contribution is 7.90. The summed E-state index contributed by atoms with van der Waals surface area (Å²) in [6.45, 7) is 0. The molecule has 1 aliphatic heterocycles. The van der Waals surface area contributed by atoms with E-state index in [1.54, 1.807) is 12.1 Å². The topological polar surface area (TPSA) is 47.0 Å². The molecule has 134 valence electrons. The van der Waals surface area contributed by atoms with Gasteiger partial charge in [-0.3, -0.25) is 0 Å². The smallest absolute Gasteiger partial charge is 0.183 e.